The lowest BCUT2D eigenvalue weighted by Gasteiger charge is -2.08. The van der Waals surface area contributed by atoms with E-state index in [4.69, 9.17) is 11.6 Å². The number of hydrogen-bond donors (Lipinski definition) is 0. The smallest absolute Gasteiger partial charge is 0.125 e. The first kappa shape index (κ1) is 12.8. The Bertz CT molecular complexity index is 747. The van der Waals surface area contributed by atoms with Crippen LogP contribution >= 0.6 is 11.6 Å². The van der Waals surface area contributed by atoms with Crippen molar-refractivity contribution in [2.24, 2.45) is 0 Å². The van der Waals surface area contributed by atoms with Crippen LogP contribution in [0.3, 0.4) is 0 Å². The Morgan fingerprint density at radius 3 is 2.85 bits per heavy atom. The molecule has 0 aliphatic heterocycles. The Kier molecular flexibility index (Phi) is 3.24. The van der Waals surface area contributed by atoms with Crippen molar-refractivity contribution in [3.8, 4) is 16.9 Å². The molecule has 0 aliphatic rings. The van der Waals surface area contributed by atoms with Gasteiger partial charge < -0.3 is 0 Å². The van der Waals surface area contributed by atoms with Gasteiger partial charge in [0.1, 0.15) is 12.0 Å². The molecular formula is C15H10ClFN3. The highest BCUT2D eigenvalue weighted by molar-refractivity contribution is 6.30. The number of benzene rings is 1. The van der Waals surface area contributed by atoms with E-state index in [0.717, 1.165) is 17.1 Å². The largest absolute Gasteiger partial charge is 0.261 e. The maximum absolute atomic E-state index is 13.5. The second-order valence-electron chi connectivity index (χ2n) is 4.38. The van der Waals surface area contributed by atoms with E-state index in [2.05, 4.69) is 16.3 Å². The predicted molar refractivity (Wildman–Crippen MR) is 75.3 cm³/mol. The van der Waals surface area contributed by atoms with Crippen LogP contribution in [0, 0.1) is 18.9 Å². The molecule has 0 saturated heterocycles. The van der Waals surface area contributed by atoms with Gasteiger partial charge in [-0.3, -0.25) is 4.98 Å². The van der Waals surface area contributed by atoms with Gasteiger partial charge in [0.15, 0.2) is 0 Å². The molecule has 0 saturated carbocycles. The summed E-state index contributed by atoms with van der Waals surface area (Å²) in [4.78, 5) is 4.15. The van der Waals surface area contributed by atoms with Crippen LogP contribution in [0.15, 0.2) is 42.6 Å². The highest BCUT2D eigenvalue weighted by Gasteiger charge is 2.10. The Labute approximate surface area is 120 Å². The number of nitrogens with zero attached hydrogens (tertiary/aromatic N) is 3. The van der Waals surface area contributed by atoms with Crippen LogP contribution in [-0.4, -0.2) is 14.8 Å². The highest BCUT2D eigenvalue weighted by atomic mass is 35.5. The van der Waals surface area contributed by atoms with Crippen molar-refractivity contribution in [1.82, 2.24) is 14.8 Å². The third-order valence-corrected chi connectivity index (χ3v) is 3.09. The Hall–Kier alpha value is -2.20. The number of halogens is 2. The minimum Gasteiger partial charge on any atom is -0.261 e. The minimum atomic E-state index is -0.383. The first-order chi connectivity index (χ1) is 9.63. The van der Waals surface area contributed by atoms with E-state index >= 15 is 0 Å². The van der Waals surface area contributed by atoms with Gasteiger partial charge in [-0.2, -0.15) is 5.10 Å². The standard InChI is InChI=1S/C15H10ClFN3/c1-10-6-14(2-4-18-10)20-15(3-5-19-20)11-7-12(16)9-13(17)8-11/h2-4,6-9H,1H3. The molecule has 99 valence electrons. The van der Waals surface area contributed by atoms with Gasteiger partial charge in [0, 0.05) is 22.5 Å². The molecule has 0 spiro atoms. The van der Waals surface area contributed by atoms with Crippen molar-refractivity contribution in [2.45, 2.75) is 6.92 Å². The fourth-order valence-corrected chi connectivity index (χ4v) is 2.25. The van der Waals surface area contributed by atoms with Gasteiger partial charge in [0.2, 0.25) is 0 Å². The SMILES string of the molecule is Cc1cc(-n2n[c]cc2-c2cc(F)cc(Cl)c2)ccn1. The zero-order valence-electron chi connectivity index (χ0n) is 10.6. The van der Waals surface area contributed by atoms with Crippen LogP contribution in [0.5, 0.6) is 0 Å². The van der Waals surface area contributed by atoms with Crippen molar-refractivity contribution >= 4 is 11.6 Å². The van der Waals surface area contributed by atoms with Gasteiger partial charge in [-0.1, -0.05) is 11.6 Å². The molecule has 0 amide bonds. The summed E-state index contributed by atoms with van der Waals surface area (Å²) in [5.41, 5.74) is 3.09. The molecule has 0 bridgehead atoms. The van der Waals surface area contributed by atoms with Crippen LogP contribution in [-0.2, 0) is 0 Å². The van der Waals surface area contributed by atoms with Gasteiger partial charge in [0.25, 0.3) is 0 Å². The van der Waals surface area contributed by atoms with Crippen molar-refractivity contribution < 1.29 is 4.39 Å². The summed E-state index contributed by atoms with van der Waals surface area (Å²) in [5, 5.41) is 4.51. The molecule has 3 aromatic rings. The van der Waals surface area contributed by atoms with Crippen molar-refractivity contribution in [1.29, 1.82) is 0 Å². The number of hydrogen-bond acceptors (Lipinski definition) is 2. The van der Waals surface area contributed by atoms with Crippen LogP contribution in [0.2, 0.25) is 5.02 Å². The van der Waals surface area contributed by atoms with E-state index in [1.165, 1.54) is 12.1 Å². The molecule has 2 heterocycles. The highest BCUT2D eigenvalue weighted by Crippen LogP contribution is 2.26. The molecule has 20 heavy (non-hydrogen) atoms. The average Bonchev–Trinajstić information content (AvgIpc) is 2.86. The number of pyridine rings is 1. The van der Waals surface area contributed by atoms with E-state index in [-0.39, 0.29) is 5.82 Å². The summed E-state index contributed by atoms with van der Waals surface area (Å²) in [6, 6.07) is 9.80. The molecular weight excluding hydrogens is 277 g/mol. The molecule has 0 fully saturated rings. The van der Waals surface area contributed by atoms with E-state index < -0.39 is 0 Å². The first-order valence-electron chi connectivity index (χ1n) is 5.99. The fraction of sp³-hybridized carbons (Fsp3) is 0.0667. The van der Waals surface area contributed by atoms with E-state index in [9.17, 15) is 4.39 Å². The van der Waals surface area contributed by atoms with Crippen molar-refractivity contribution in [3.05, 3.63) is 65.3 Å². The summed E-state index contributed by atoms with van der Waals surface area (Å²) >= 11 is 5.90. The quantitative estimate of drug-likeness (QED) is 0.717. The van der Waals surface area contributed by atoms with Crippen molar-refractivity contribution in [3.63, 3.8) is 0 Å². The molecule has 1 aromatic carbocycles. The Balaban J connectivity index is 2.15. The fourth-order valence-electron chi connectivity index (χ4n) is 2.03. The van der Waals surface area contributed by atoms with Gasteiger partial charge in [-0.15, -0.1) is 0 Å². The molecule has 0 atom stereocenters. The second-order valence-corrected chi connectivity index (χ2v) is 4.82. The maximum Gasteiger partial charge on any atom is 0.125 e. The summed E-state index contributed by atoms with van der Waals surface area (Å²) in [5.74, 6) is -0.383. The van der Waals surface area contributed by atoms with Crippen LogP contribution < -0.4 is 0 Å². The number of aryl methyl sites for hydroxylation is 1. The van der Waals surface area contributed by atoms with E-state index in [1.54, 1.807) is 23.0 Å². The zero-order valence-corrected chi connectivity index (χ0v) is 11.4. The number of rotatable bonds is 2. The normalized spacial score (nSPS) is 10.8. The molecule has 1 radical (unpaired) electrons. The van der Waals surface area contributed by atoms with E-state index in [0.29, 0.717) is 10.6 Å². The second kappa shape index (κ2) is 5.06. The zero-order chi connectivity index (χ0) is 14.1. The minimum absolute atomic E-state index is 0.346. The van der Waals surface area contributed by atoms with Crippen molar-refractivity contribution in [2.75, 3.05) is 0 Å². The molecule has 0 aliphatic carbocycles. The topological polar surface area (TPSA) is 30.7 Å². The van der Waals surface area contributed by atoms with Gasteiger partial charge in [0.05, 0.1) is 11.4 Å². The molecule has 0 N–H and O–H groups in total. The lowest BCUT2D eigenvalue weighted by molar-refractivity contribution is 0.628. The summed E-state index contributed by atoms with van der Waals surface area (Å²) in [6.07, 6.45) is 4.48. The molecule has 3 nitrogen and oxygen atoms in total. The number of aromatic nitrogens is 3. The first-order valence-corrected chi connectivity index (χ1v) is 6.37. The monoisotopic (exact) mass is 286 g/mol. The Morgan fingerprint density at radius 1 is 1.25 bits per heavy atom. The molecule has 5 heteroatoms. The molecule has 2 aromatic heterocycles. The van der Waals surface area contributed by atoms with Crippen LogP contribution in [0.4, 0.5) is 4.39 Å². The lowest BCUT2D eigenvalue weighted by Crippen LogP contribution is -2.00. The summed E-state index contributed by atoms with van der Waals surface area (Å²) in [7, 11) is 0. The lowest BCUT2D eigenvalue weighted by atomic mass is 10.1. The summed E-state index contributed by atoms with van der Waals surface area (Å²) in [6.45, 7) is 1.90. The van der Waals surface area contributed by atoms with Gasteiger partial charge in [-0.25, -0.2) is 9.07 Å². The molecule has 3 rings (SSSR count). The van der Waals surface area contributed by atoms with Crippen LogP contribution in [0.1, 0.15) is 5.69 Å². The Morgan fingerprint density at radius 2 is 2.10 bits per heavy atom. The predicted octanol–water partition coefficient (Wildman–Crippen LogP) is 3.84. The van der Waals surface area contributed by atoms with Gasteiger partial charge >= 0.3 is 0 Å². The van der Waals surface area contributed by atoms with E-state index in [1.807, 2.05) is 19.1 Å². The van der Waals surface area contributed by atoms with Crippen LogP contribution in [0.25, 0.3) is 16.9 Å². The third-order valence-electron chi connectivity index (χ3n) is 2.87. The van der Waals surface area contributed by atoms with Gasteiger partial charge in [-0.05, 0) is 43.3 Å². The average molecular weight is 287 g/mol. The molecule has 0 unspecified atom stereocenters. The summed E-state index contributed by atoms with van der Waals surface area (Å²) < 4.78 is 15.2. The maximum atomic E-state index is 13.5. The third kappa shape index (κ3) is 2.42.